The summed E-state index contributed by atoms with van der Waals surface area (Å²) in [5.41, 5.74) is 3.22. The first kappa shape index (κ1) is 19.6. The molecule has 0 spiro atoms. The van der Waals surface area contributed by atoms with Crippen LogP contribution in [0.25, 0.3) is 11.5 Å². The van der Waals surface area contributed by atoms with Gasteiger partial charge in [-0.25, -0.2) is 0 Å². The van der Waals surface area contributed by atoms with Crippen LogP contribution in [0.1, 0.15) is 19.4 Å². The highest BCUT2D eigenvalue weighted by Gasteiger charge is 2.19. The van der Waals surface area contributed by atoms with Crippen molar-refractivity contribution in [2.24, 2.45) is 0 Å². The van der Waals surface area contributed by atoms with Gasteiger partial charge in [0.1, 0.15) is 0 Å². The lowest BCUT2D eigenvalue weighted by Gasteiger charge is -2.10. The van der Waals surface area contributed by atoms with Crippen LogP contribution in [-0.4, -0.2) is 27.3 Å². The van der Waals surface area contributed by atoms with E-state index in [-0.39, 0.29) is 11.8 Å². The maximum absolute atomic E-state index is 12.4. The van der Waals surface area contributed by atoms with Crippen LogP contribution in [0, 0.1) is 6.92 Å². The van der Waals surface area contributed by atoms with Crippen LogP contribution >= 0.6 is 11.8 Å². The number of carbonyl (C=O) groups is 2. The number of rotatable bonds is 6. The number of hydrogen-bond donors (Lipinski definition) is 2. The maximum atomic E-state index is 12.4. The first-order valence-electron chi connectivity index (χ1n) is 8.67. The van der Waals surface area contributed by atoms with Gasteiger partial charge in [0.2, 0.25) is 17.7 Å². The summed E-state index contributed by atoms with van der Waals surface area (Å²) < 4.78 is 5.69. The van der Waals surface area contributed by atoms with Crippen molar-refractivity contribution in [3.05, 3.63) is 54.1 Å². The van der Waals surface area contributed by atoms with Crippen LogP contribution in [0.15, 0.2) is 58.2 Å². The quantitative estimate of drug-likeness (QED) is 0.608. The Kier molecular flexibility index (Phi) is 6.10. The number of anilines is 2. The Hall–Kier alpha value is -3.13. The molecule has 1 atom stereocenters. The van der Waals surface area contributed by atoms with E-state index in [4.69, 9.17) is 4.42 Å². The Balaban J connectivity index is 1.60. The summed E-state index contributed by atoms with van der Waals surface area (Å²) in [6.07, 6.45) is 0. The van der Waals surface area contributed by atoms with Gasteiger partial charge in [-0.1, -0.05) is 30.0 Å². The van der Waals surface area contributed by atoms with Gasteiger partial charge in [-0.05, 0) is 49.7 Å². The minimum absolute atomic E-state index is 0.147. The van der Waals surface area contributed by atoms with Crippen molar-refractivity contribution in [1.82, 2.24) is 10.2 Å². The third-order valence-corrected chi connectivity index (χ3v) is 4.84. The SMILES string of the molecule is CC(=O)Nc1ccc(NC(=O)[C@@H](C)Sc2nnc(-c3ccccc3C)o2)cc1. The van der Waals surface area contributed by atoms with Crippen molar-refractivity contribution >= 4 is 35.0 Å². The van der Waals surface area contributed by atoms with E-state index in [2.05, 4.69) is 20.8 Å². The van der Waals surface area contributed by atoms with E-state index in [1.807, 2.05) is 31.2 Å². The van der Waals surface area contributed by atoms with E-state index in [0.29, 0.717) is 22.5 Å². The molecule has 0 aliphatic carbocycles. The number of aromatic nitrogens is 2. The Morgan fingerprint density at radius 2 is 1.64 bits per heavy atom. The molecule has 0 bridgehead atoms. The summed E-state index contributed by atoms with van der Waals surface area (Å²) in [5, 5.41) is 13.5. The highest BCUT2D eigenvalue weighted by molar-refractivity contribution is 8.00. The fourth-order valence-electron chi connectivity index (χ4n) is 2.47. The van der Waals surface area contributed by atoms with Gasteiger partial charge in [-0.3, -0.25) is 9.59 Å². The van der Waals surface area contributed by atoms with Gasteiger partial charge in [-0.15, -0.1) is 10.2 Å². The minimum atomic E-state index is -0.430. The third kappa shape index (κ3) is 4.98. The number of nitrogens with zero attached hydrogens (tertiary/aromatic N) is 2. The van der Waals surface area contributed by atoms with Gasteiger partial charge in [0.25, 0.3) is 5.22 Å². The van der Waals surface area contributed by atoms with Gasteiger partial charge >= 0.3 is 0 Å². The summed E-state index contributed by atoms with van der Waals surface area (Å²) in [7, 11) is 0. The van der Waals surface area contributed by atoms with Gasteiger partial charge in [0.15, 0.2) is 0 Å². The molecule has 0 saturated carbocycles. The van der Waals surface area contributed by atoms with Crippen LogP contribution in [0.2, 0.25) is 0 Å². The average Bonchev–Trinajstić information content (AvgIpc) is 3.11. The summed E-state index contributed by atoms with van der Waals surface area (Å²) in [6, 6.07) is 14.6. The van der Waals surface area contributed by atoms with Crippen molar-refractivity contribution in [1.29, 1.82) is 0 Å². The molecule has 1 aromatic heterocycles. The van der Waals surface area contributed by atoms with Gasteiger partial charge < -0.3 is 15.1 Å². The lowest BCUT2D eigenvalue weighted by Crippen LogP contribution is -2.22. The number of benzene rings is 2. The van der Waals surface area contributed by atoms with E-state index in [0.717, 1.165) is 11.1 Å². The van der Waals surface area contributed by atoms with E-state index >= 15 is 0 Å². The van der Waals surface area contributed by atoms with Gasteiger partial charge in [-0.2, -0.15) is 0 Å². The zero-order chi connectivity index (χ0) is 20.1. The molecule has 3 aromatic rings. The minimum Gasteiger partial charge on any atom is -0.411 e. The van der Waals surface area contributed by atoms with E-state index < -0.39 is 5.25 Å². The molecule has 0 aliphatic rings. The summed E-state index contributed by atoms with van der Waals surface area (Å²) in [5.74, 6) is 0.0983. The fourth-order valence-corrected chi connectivity index (χ4v) is 3.15. The lowest BCUT2D eigenvalue weighted by molar-refractivity contribution is -0.115. The molecule has 0 aliphatic heterocycles. The fraction of sp³-hybridized carbons (Fsp3) is 0.200. The van der Waals surface area contributed by atoms with Crippen molar-refractivity contribution < 1.29 is 14.0 Å². The van der Waals surface area contributed by atoms with Crippen LogP contribution in [-0.2, 0) is 9.59 Å². The van der Waals surface area contributed by atoms with Crippen LogP contribution in [0.4, 0.5) is 11.4 Å². The normalized spacial score (nSPS) is 11.7. The van der Waals surface area contributed by atoms with Crippen molar-refractivity contribution in [3.8, 4) is 11.5 Å². The van der Waals surface area contributed by atoms with E-state index in [1.165, 1.54) is 18.7 Å². The molecular weight excluding hydrogens is 376 g/mol. The molecule has 7 nitrogen and oxygen atoms in total. The lowest BCUT2D eigenvalue weighted by atomic mass is 10.1. The average molecular weight is 396 g/mol. The zero-order valence-electron chi connectivity index (χ0n) is 15.7. The van der Waals surface area contributed by atoms with Crippen molar-refractivity contribution in [2.75, 3.05) is 10.6 Å². The number of carbonyl (C=O) groups excluding carboxylic acids is 2. The second kappa shape index (κ2) is 8.71. The molecule has 144 valence electrons. The molecule has 2 aromatic carbocycles. The largest absolute Gasteiger partial charge is 0.411 e. The van der Waals surface area contributed by atoms with E-state index in [9.17, 15) is 9.59 Å². The zero-order valence-corrected chi connectivity index (χ0v) is 16.5. The first-order chi connectivity index (χ1) is 13.4. The summed E-state index contributed by atoms with van der Waals surface area (Å²) >= 11 is 1.19. The predicted molar refractivity (Wildman–Crippen MR) is 109 cm³/mol. The number of thioether (sulfide) groups is 1. The van der Waals surface area contributed by atoms with Crippen LogP contribution in [0.3, 0.4) is 0 Å². The van der Waals surface area contributed by atoms with Crippen molar-refractivity contribution in [2.45, 2.75) is 31.2 Å². The third-order valence-electron chi connectivity index (χ3n) is 3.90. The Bertz CT molecular complexity index is 985. The molecule has 0 radical (unpaired) electrons. The second-order valence-corrected chi connectivity index (χ2v) is 7.49. The van der Waals surface area contributed by atoms with Gasteiger partial charge in [0, 0.05) is 23.9 Å². The smallest absolute Gasteiger partial charge is 0.277 e. The van der Waals surface area contributed by atoms with Crippen LogP contribution in [0.5, 0.6) is 0 Å². The standard InChI is InChI=1S/C20H20N4O3S/c1-12-6-4-5-7-17(12)19-23-24-20(27-19)28-13(2)18(26)22-16-10-8-15(9-11-16)21-14(3)25/h4-11,13H,1-3H3,(H,21,25)(H,22,26)/t13-/m1/s1. The molecule has 1 heterocycles. The number of hydrogen-bond acceptors (Lipinski definition) is 6. The van der Waals surface area contributed by atoms with Crippen molar-refractivity contribution in [3.63, 3.8) is 0 Å². The molecule has 8 heteroatoms. The number of amides is 2. The molecule has 0 fully saturated rings. The molecule has 28 heavy (non-hydrogen) atoms. The highest BCUT2D eigenvalue weighted by atomic mass is 32.2. The second-order valence-electron chi connectivity index (χ2n) is 6.20. The number of nitrogens with one attached hydrogen (secondary N) is 2. The Morgan fingerprint density at radius 3 is 2.29 bits per heavy atom. The first-order valence-corrected chi connectivity index (χ1v) is 9.55. The molecule has 3 rings (SSSR count). The molecule has 2 amide bonds. The van der Waals surface area contributed by atoms with Gasteiger partial charge in [0.05, 0.1) is 5.25 Å². The molecule has 2 N–H and O–H groups in total. The Labute approximate surface area is 166 Å². The maximum Gasteiger partial charge on any atom is 0.277 e. The summed E-state index contributed by atoms with van der Waals surface area (Å²) in [4.78, 5) is 23.5. The monoisotopic (exact) mass is 396 g/mol. The highest BCUT2D eigenvalue weighted by Crippen LogP contribution is 2.28. The predicted octanol–water partition coefficient (Wildman–Crippen LogP) is 4.12. The molecule has 0 unspecified atom stereocenters. The number of aryl methyl sites for hydroxylation is 1. The summed E-state index contributed by atoms with van der Waals surface area (Å²) in [6.45, 7) is 5.18. The molecule has 0 saturated heterocycles. The van der Waals surface area contributed by atoms with E-state index in [1.54, 1.807) is 31.2 Å². The Morgan fingerprint density at radius 1 is 1.00 bits per heavy atom. The van der Waals surface area contributed by atoms with Crippen LogP contribution < -0.4 is 10.6 Å². The molecular formula is C20H20N4O3S. The topological polar surface area (TPSA) is 97.1 Å².